The van der Waals surface area contributed by atoms with Crippen LogP contribution in [-0.4, -0.2) is 23.0 Å². The molecule has 5 heteroatoms. The van der Waals surface area contributed by atoms with E-state index in [1.54, 1.807) is 19.1 Å². The largest absolute Gasteiger partial charge is 0.478 e. The fraction of sp³-hybridized carbons (Fsp3) is 0.385. The molecule has 0 saturated heterocycles. The van der Waals surface area contributed by atoms with Crippen molar-refractivity contribution in [1.82, 2.24) is 0 Å². The van der Waals surface area contributed by atoms with Gasteiger partial charge in [0.25, 0.3) is 0 Å². The van der Waals surface area contributed by atoms with E-state index >= 15 is 0 Å². The van der Waals surface area contributed by atoms with Gasteiger partial charge in [0.2, 0.25) is 5.91 Å². The van der Waals surface area contributed by atoms with Crippen LogP contribution in [0, 0.1) is 6.92 Å². The number of nitrogens with one attached hydrogen (secondary N) is 1. The summed E-state index contributed by atoms with van der Waals surface area (Å²) in [4.78, 5) is 22.5. The number of carbonyl (C=O) groups excluding carboxylic acids is 1. The van der Waals surface area contributed by atoms with Gasteiger partial charge < -0.3 is 16.2 Å². The van der Waals surface area contributed by atoms with Gasteiger partial charge in [0, 0.05) is 5.69 Å². The quantitative estimate of drug-likeness (QED) is 0.742. The number of nitrogens with two attached hydrogens (primary N) is 1. The van der Waals surface area contributed by atoms with Crippen LogP contribution in [0.4, 0.5) is 5.69 Å². The van der Waals surface area contributed by atoms with Crippen LogP contribution in [0.3, 0.4) is 0 Å². The second-order valence-corrected chi connectivity index (χ2v) is 4.22. The van der Waals surface area contributed by atoms with Gasteiger partial charge in [-0.3, -0.25) is 4.79 Å². The number of carbonyl (C=O) groups is 2. The van der Waals surface area contributed by atoms with Gasteiger partial charge in [-0.15, -0.1) is 0 Å². The number of anilines is 1. The zero-order chi connectivity index (χ0) is 13.7. The SMILES string of the molecule is CCC[C@@H](N)C(=O)Nc1ccc(C(=O)O)c(C)c1. The first kappa shape index (κ1) is 14.2. The zero-order valence-electron chi connectivity index (χ0n) is 10.6. The van der Waals surface area contributed by atoms with Gasteiger partial charge in [-0.05, 0) is 37.1 Å². The lowest BCUT2D eigenvalue weighted by atomic mass is 10.1. The van der Waals surface area contributed by atoms with Crippen LogP contribution in [0.15, 0.2) is 18.2 Å². The molecule has 0 radical (unpaired) electrons. The molecule has 1 amide bonds. The summed E-state index contributed by atoms with van der Waals surface area (Å²) in [7, 11) is 0. The maximum absolute atomic E-state index is 11.7. The maximum Gasteiger partial charge on any atom is 0.335 e. The van der Waals surface area contributed by atoms with E-state index in [-0.39, 0.29) is 11.5 Å². The zero-order valence-corrected chi connectivity index (χ0v) is 10.6. The number of carboxylic acids is 1. The minimum absolute atomic E-state index is 0.228. The number of hydrogen-bond acceptors (Lipinski definition) is 3. The van der Waals surface area contributed by atoms with Crippen molar-refractivity contribution >= 4 is 17.6 Å². The average molecular weight is 250 g/mol. The highest BCUT2D eigenvalue weighted by molar-refractivity contribution is 5.96. The lowest BCUT2D eigenvalue weighted by Crippen LogP contribution is -2.35. The minimum Gasteiger partial charge on any atom is -0.478 e. The van der Waals surface area contributed by atoms with E-state index in [0.29, 0.717) is 17.7 Å². The summed E-state index contributed by atoms with van der Waals surface area (Å²) in [6, 6.07) is 4.13. The highest BCUT2D eigenvalue weighted by Gasteiger charge is 2.13. The van der Waals surface area contributed by atoms with E-state index in [4.69, 9.17) is 10.8 Å². The van der Waals surface area contributed by atoms with Crippen molar-refractivity contribution in [1.29, 1.82) is 0 Å². The Bertz CT molecular complexity index is 458. The van der Waals surface area contributed by atoms with Gasteiger partial charge in [0.15, 0.2) is 0 Å². The Hall–Kier alpha value is -1.88. The summed E-state index contributed by atoms with van der Waals surface area (Å²) in [6.07, 6.45) is 1.46. The Morgan fingerprint density at radius 2 is 2.11 bits per heavy atom. The summed E-state index contributed by atoms with van der Waals surface area (Å²) < 4.78 is 0. The van der Waals surface area contributed by atoms with Crippen LogP contribution in [0.25, 0.3) is 0 Å². The van der Waals surface area contributed by atoms with Crippen molar-refractivity contribution in [2.45, 2.75) is 32.7 Å². The van der Waals surface area contributed by atoms with Gasteiger partial charge in [-0.1, -0.05) is 13.3 Å². The van der Waals surface area contributed by atoms with Crippen LogP contribution >= 0.6 is 0 Å². The van der Waals surface area contributed by atoms with Crippen molar-refractivity contribution in [2.24, 2.45) is 5.73 Å². The molecule has 0 bridgehead atoms. The molecule has 18 heavy (non-hydrogen) atoms. The third-order valence-electron chi connectivity index (χ3n) is 2.66. The molecule has 0 aliphatic heterocycles. The minimum atomic E-state index is -0.979. The summed E-state index contributed by atoms with van der Waals surface area (Å²) in [6.45, 7) is 3.64. The topological polar surface area (TPSA) is 92.4 Å². The third-order valence-corrected chi connectivity index (χ3v) is 2.66. The van der Waals surface area contributed by atoms with Crippen LogP contribution in [-0.2, 0) is 4.79 Å². The predicted molar refractivity (Wildman–Crippen MR) is 69.7 cm³/mol. The number of aromatic carboxylic acids is 1. The van der Waals surface area contributed by atoms with E-state index in [1.165, 1.54) is 6.07 Å². The first-order valence-corrected chi connectivity index (χ1v) is 5.86. The number of carboxylic acid groups (broad SMARTS) is 1. The standard InChI is InChI=1S/C13H18N2O3/c1-3-4-11(14)12(16)15-9-5-6-10(13(17)18)8(2)7-9/h5-7,11H,3-4,14H2,1-2H3,(H,15,16)(H,17,18)/t11-/m1/s1. The number of rotatable bonds is 5. The number of amides is 1. The van der Waals surface area contributed by atoms with Crippen LogP contribution in [0.2, 0.25) is 0 Å². The molecule has 1 atom stereocenters. The van der Waals surface area contributed by atoms with E-state index in [2.05, 4.69) is 5.32 Å². The molecule has 0 aromatic heterocycles. The summed E-state index contributed by atoms with van der Waals surface area (Å²) in [5.74, 6) is -1.23. The summed E-state index contributed by atoms with van der Waals surface area (Å²) >= 11 is 0. The summed E-state index contributed by atoms with van der Waals surface area (Å²) in [5.41, 5.74) is 7.08. The summed E-state index contributed by atoms with van der Waals surface area (Å²) in [5, 5.41) is 11.6. The molecule has 0 aliphatic carbocycles. The van der Waals surface area contributed by atoms with Crippen molar-refractivity contribution in [3.05, 3.63) is 29.3 Å². The number of hydrogen-bond donors (Lipinski definition) is 3. The molecule has 4 N–H and O–H groups in total. The van der Waals surface area contributed by atoms with Gasteiger partial charge in [0.05, 0.1) is 11.6 Å². The first-order chi connectivity index (χ1) is 8.45. The molecule has 0 saturated carbocycles. The van der Waals surface area contributed by atoms with Crippen molar-refractivity contribution in [3.8, 4) is 0 Å². The molecule has 0 unspecified atom stereocenters. The highest BCUT2D eigenvalue weighted by atomic mass is 16.4. The van der Waals surface area contributed by atoms with Gasteiger partial charge in [-0.25, -0.2) is 4.79 Å². The van der Waals surface area contributed by atoms with E-state index in [9.17, 15) is 9.59 Å². The molecule has 1 aromatic rings. The van der Waals surface area contributed by atoms with Gasteiger partial charge in [-0.2, -0.15) is 0 Å². The third kappa shape index (κ3) is 3.56. The fourth-order valence-corrected chi connectivity index (χ4v) is 1.66. The maximum atomic E-state index is 11.7. The van der Waals surface area contributed by atoms with Crippen molar-refractivity contribution < 1.29 is 14.7 Å². The fourth-order valence-electron chi connectivity index (χ4n) is 1.66. The van der Waals surface area contributed by atoms with Crippen molar-refractivity contribution in [2.75, 3.05) is 5.32 Å². The molecule has 1 rings (SSSR count). The molecule has 98 valence electrons. The van der Waals surface area contributed by atoms with Crippen LogP contribution in [0.1, 0.15) is 35.7 Å². The smallest absolute Gasteiger partial charge is 0.335 e. The van der Waals surface area contributed by atoms with E-state index < -0.39 is 12.0 Å². The molecule has 0 fully saturated rings. The number of aryl methyl sites for hydroxylation is 1. The van der Waals surface area contributed by atoms with Crippen LogP contribution in [0.5, 0.6) is 0 Å². The molecule has 0 spiro atoms. The van der Waals surface area contributed by atoms with E-state index in [1.807, 2.05) is 6.92 Å². The average Bonchev–Trinajstić information content (AvgIpc) is 2.28. The Labute approximate surface area is 106 Å². The molecule has 5 nitrogen and oxygen atoms in total. The van der Waals surface area contributed by atoms with Gasteiger partial charge >= 0.3 is 5.97 Å². The van der Waals surface area contributed by atoms with E-state index in [0.717, 1.165) is 6.42 Å². The molecular formula is C13H18N2O3. The lowest BCUT2D eigenvalue weighted by molar-refractivity contribution is -0.117. The molecule has 1 aromatic carbocycles. The highest BCUT2D eigenvalue weighted by Crippen LogP contribution is 2.15. The predicted octanol–water partition coefficient (Wildman–Crippen LogP) is 1.76. The molecular weight excluding hydrogens is 232 g/mol. The Morgan fingerprint density at radius 3 is 2.61 bits per heavy atom. The molecule has 0 aliphatic rings. The first-order valence-electron chi connectivity index (χ1n) is 5.86. The monoisotopic (exact) mass is 250 g/mol. The lowest BCUT2D eigenvalue weighted by Gasteiger charge is -2.12. The number of benzene rings is 1. The van der Waals surface area contributed by atoms with Gasteiger partial charge in [0.1, 0.15) is 0 Å². The Balaban J connectivity index is 2.77. The Morgan fingerprint density at radius 1 is 1.44 bits per heavy atom. The Kier molecular flexibility index (Phi) is 4.85. The van der Waals surface area contributed by atoms with Crippen LogP contribution < -0.4 is 11.1 Å². The second-order valence-electron chi connectivity index (χ2n) is 4.22. The second kappa shape index (κ2) is 6.16. The normalized spacial score (nSPS) is 11.9. The molecule has 0 heterocycles. The van der Waals surface area contributed by atoms with Crippen molar-refractivity contribution in [3.63, 3.8) is 0 Å².